The zero-order chi connectivity index (χ0) is 36.0. The first kappa shape index (κ1) is 33.4. The molecule has 0 atom stereocenters. The van der Waals surface area contributed by atoms with E-state index in [1.807, 2.05) is 24.0 Å². The highest BCUT2D eigenvalue weighted by atomic mass is 19.4. The molecule has 0 bridgehead atoms. The van der Waals surface area contributed by atoms with Gasteiger partial charge in [-0.2, -0.15) is 23.3 Å². The number of fused-ring (bicyclic) bond motifs is 2. The third-order valence-electron chi connectivity index (χ3n) is 12.0. The van der Waals surface area contributed by atoms with Gasteiger partial charge in [0.05, 0.1) is 18.3 Å². The van der Waals surface area contributed by atoms with Crippen molar-refractivity contribution in [2.24, 2.45) is 10.8 Å². The van der Waals surface area contributed by atoms with Crippen LogP contribution in [0.4, 0.5) is 24.9 Å². The van der Waals surface area contributed by atoms with Crippen LogP contribution >= 0.6 is 0 Å². The van der Waals surface area contributed by atoms with Crippen molar-refractivity contribution in [2.75, 3.05) is 81.9 Å². The second-order valence-corrected chi connectivity index (χ2v) is 15.9. The van der Waals surface area contributed by atoms with Crippen LogP contribution < -0.4 is 14.5 Å². The number of halogens is 3. The van der Waals surface area contributed by atoms with Gasteiger partial charge in [0.1, 0.15) is 11.3 Å². The maximum atomic E-state index is 14.1. The van der Waals surface area contributed by atoms with Gasteiger partial charge in [-0.05, 0) is 73.4 Å². The number of nitrogens with zero attached hydrogens (tertiary/aromatic N) is 7. The Bertz CT molecular complexity index is 2070. The van der Waals surface area contributed by atoms with E-state index in [1.54, 1.807) is 6.20 Å². The van der Waals surface area contributed by atoms with E-state index < -0.39 is 12.8 Å². The van der Waals surface area contributed by atoms with E-state index >= 15 is 0 Å². The SMILES string of the molecule is C=CC(=O)N1CC2(CCN(c3nc(N4CC5(CN(CCO)C5)C4)nc4c(OCC(F)(F)F)c(-c5c(C)ccc6[nH]ncc56)c(C5CC5)cc34)CC2)C1. The summed E-state index contributed by atoms with van der Waals surface area (Å²) in [6.45, 7) is 11.0. The van der Waals surface area contributed by atoms with Crippen LogP contribution in [-0.4, -0.2) is 119 Å². The fraction of sp³-hybridized carbons (Fsp3) is 0.526. The lowest BCUT2D eigenvalue weighted by Gasteiger charge is -2.60. The Hall–Kier alpha value is -4.43. The second-order valence-electron chi connectivity index (χ2n) is 15.9. The van der Waals surface area contributed by atoms with Gasteiger partial charge in [-0.25, -0.2) is 4.98 Å². The maximum Gasteiger partial charge on any atom is 0.422 e. The van der Waals surface area contributed by atoms with Crippen LogP contribution in [0.3, 0.4) is 0 Å². The molecule has 1 aliphatic carbocycles. The van der Waals surface area contributed by atoms with Gasteiger partial charge in [0, 0.05) is 86.1 Å². The molecular weight excluding hydrogens is 673 g/mol. The Morgan fingerprint density at radius 1 is 1.04 bits per heavy atom. The first-order valence-corrected chi connectivity index (χ1v) is 18.2. The molecule has 2 aromatic heterocycles. The maximum absolute atomic E-state index is 14.1. The fourth-order valence-corrected chi connectivity index (χ4v) is 9.20. The lowest BCUT2D eigenvalue weighted by molar-refractivity contribution is -0.153. The smallest absolute Gasteiger partial charge is 0.422 e. The van der Waals surface area contributed by atoms with Gasteiger partial charge < -0.3 is 24.5 Å². The molecular formula is C38H43F3N8O3. The van der Waals surface area contributed by atoms with E-state index in [0.717, 1.165) is 79.5 Å². The van der Waals surface area contributed by atoms with Crippen LogP contribution in [0, 0.1) is 17.8 Å². The molecule has 4 saturated heterocycles. The number of nitrogens with one attached hydrogen (secondary N) is 1. The van der Waals surface area contributed by atoms with Gasteiger partial charge >= 0.3 is 6.18 Å². The average molecular weight is 717 g/mol. The van der Waals surface area contributed by atoms with Crippen molar-refractivity contribution in [3.05, 3.63) is 48.2 Å². The summed E-state index contributed by atoms with van der Waals surface area (Å²) in [6, 6.07) is 6.02. The summed E-state index contributed by atoms with van der Waals surface area (Å²) in [5, 5.41) is 18.2. The molecule has 5 fully saturated rings. The molecule has 0 radical (unpaired) electrons. The van der Waals surface area contributed by atoms with Crippen LogP contribution in [0.1, 0.15) is 42.7 Å². The molecule has 52 heavy (non-hydrogen) atoms. The number of aromatic nitrogens is 4. The first-order valence-electron chi connectivity index (χ1n) is 18.2. The van der Waals surface area contributed by atoms with Crippen molar-refractivity contribution in [2.45, 2.75) is 44.7 Å². The summed E-state index contributed by atoms with van der Waals surface area (Å²) in [5.41, 5.74) is 4.63. The molecule has 1 amide bonds. The molecule has 2 aromatic carbocycles. The molecule has 9 rings (SSSR count). The van der Waals surface area contributed by atoms with E-state index in [1.165, 1.54) is 6.08 Å². The highest BCUT2D eigenvalue weighted by Gasteiger charge is 2.52. The van der Waals surface area contributed by atoms with Crippen LogP contribution in [0.25, 0.3) is 32.9 Å². The molecule has 4 aromatic rings. The number of aliphatic hydroxyl groups excluding tert-OH is 1. The Kier molecular flexibility index (Phi) is 7.74. The summed E-state index contributed by atoms with van der Waals surface area (Å²) in [6.07, 6.45) is 2.14. The normalized spacial score (nSPS) is 21.1. The molecule has 4 aliphatic heterocycles. The molecule has 14 heteroatoms. The minimum Gasteiger partial charge on any atom is -0.481 e. The largest absolute Gasteiger partial charge is 0.481 e. The number of aryl methyl sites for hydroxylation is 1. The van der Waals surface area contributed by atoms with E-state index in [0.29, 0.717) is 61.0 Å². The predicted octanol–water partition coefficient (Wildman–Crippen LogP) is 5.03. The quantitative estimate of drug-likeness (QED) is 0.231. The summed E-state index contributed by atoms with van der Waals surface area (Å²) in [4.78, 5) is 31.0. The molecule has 2 spiro atoms. The van der Waals surface area contributed by atoms with Crippen molar-refractivity contribution >= 4 is 39.5 Å². The van der Waals surface area contributed by atoms with Gasteiger partial charge in [-0.1, -0.05) is 12.6 Å². The molecule has 6 heterocycles. The highest BCUT2D eigenvalue weighted by Crippen LogP contribution is 2.54. The molecule has 1 saturated carbocycles. The molecule has 274 valence electrons. The van der Waals surface area contributed by atoms with Gasteiger partial charge in [0.25, 0.3) is 0 Å². The molecule has 2 N–H and O–H groups in total. The summed E-state index contributed by atoms with van der Waals surface area (Å²) >= 11 is 0. The molecule has 0 unspecified atom stereocenters. The van der Waals surface area contributed by atoms with Gasteiger partial charge in [-0.15, -0.1) is 0 Å². The summed E-state index contributed by atoms with van der Waals surface area (Å²) in [5.74, 6) is 1.46. The highest BCUT2D eigenvalue weighted by molar-refractivity contribution is 6.06. The van der Waals surface area contributed by atoms with E-state index in [4.69, 9.17) is 14.7 Å². The van der Waals surface area contributed by atoms with Gasteiger partial charge in [0.15, 0.2) is 12.4 Å². The molecule has 5 aliphatic rings. The number of aromatic amines is 1. The Morgan fingerprint density at radius 3 is 2.46 bits per heavy atom. The number of carbonyl (C=O) groups is 1. The van der Waals surface area contributed by atoms with Crippen molar-refractivity contribution in [1.82, 2.24) is 30.0 Å². The van der Waals surface area contributed by atoms with Crippen LogP contribution in [0.5, 0.6) is 5.75 Å². The van der Waals surface area contributed by atoms with Crippen molar-refractivity contribution < 1.29 is 27.8 Å². The third-order valence-corrected chi connectivity index (χ3v) is 12.0. The number of hydrogen-bond donors (Lipinski definition) is 2. The van der Waals surface area contributed by atoms with Crippen molar-refractivity contribution in [3.8, 4) is 16.9 Å². The minimum atomic E-state index is -4.56. The van der Waals surface area contributed by atoms with E-state index in [9.17, 15) is 23.1 Å². The fourth-order valence-electron chi connectivity index (χ4n) is 9.20. The van der Waals surface area contributed by atoms with Gasteiger partial charge in [-0.3, -0.25) is 14.8 Å². The number of H-pyrrole nitrogens is 1. The number of alkyl halides is 3. The number of anilines is 2. The van der Waals surface area contributed by atoms with Crippen molar-refractivity contribution in [3.63, 3.8) is 0 Å². The van der Waals surface area contributed by atoms with E-state index in [2.05, 4.69) is 37.5 Å². The van der Waals surface area contributed by atoms with Crippen LogP contribution in [0.2, 0.25) is 0 Å². The molecule has 11 nitrogen and oxygen atoms in total. The topological polar surface area (TPSA) is 114 Å². The van der Waals surface area contributed by atoms with Crippen LogP contribution in [-0.2, 0) is 4.79 Å². The number of amides is 1. The Morgan fingerprint density at radius 2 is 1.79 bits per heavy atom. The average Bonchev–Trinajstić information content (AvgIpc) is 3.81. The van der Waals surface area contributed by atoms with Gasteiger partial charge in [0.2, 0.25) is 11.9 Å². The lowest BCUT2D eigenvalue weighted by Crippen LogP contribution is -2.72. The van der Waals surface area contributed by atoms with Crippen LogP contribution in [0.15, 0.2) is 37.1 Å². The zero-order valence-electron chi connectivity index (χ0n) is 29.3. The first-order chi connectivity index (χ1) is 25.0. The number of hydrogen-bond acceptors (Lipinski definition) is 9. The summed E-state index contributed by atoms with van der Waals surface area (Å²) < 4.78 is 48.1. The number of piperidine rings is 1. The number of β-amino-alcohol motifs (C(OH)–C–C–N with tert-alkyl or cyclic N) is 1. The third kappa shape index (κ3) is 5.65. The minimum absolute atomic E-state index is 0.0451. The number of benzene rings is 2. The lowest BCUT2D eigenvalue weighted by atomic mass is 9.72. The number of carbonyl (C=O) groups excluding carboxylic acids is 1. The van der Waals surface area contributed by atoms with E-state index in [-0.39, 0.29) is 35.0 Å². The Balaban J connectivity index is 1.18. The second kappa shape index (κ2) is 12.1. The predicted molar refractivity (Wildman–Crippen MR) is 192 cm³/mol. The number of aliphatic hydroxyl groups is 1. The summed E-state index contributed by atoms with van der Waals surface area (Å²) in [7, 11) is 0. The zero-order valence-corrected chi connectivity index (χ0v) is 29.3. The number of likely N-dealkylation sites (tertiary alicyclic amines) is 2. The van der Waals surface area contributed by atoms with Crippen molar-refractivity contribution in [1.29, 1.82) is 0 Å². The number of ether oxygens (including phenoxy) is 1. The monoisotopic (exact) mass is 716 g/mol. The Labute approximate surface area is 299 Å². The number of rotatable bonds is 9. The standard InChI is InChI=1S/C38H43F3N8O3/c1-3-29(51)48-18-36(19-48)8-10-47(11-9-36)34-26-14-25(24-5-6-24)31(30-23(2)4-7-28-27(30)15-42-45-28)33(52-22-38(39,40)41)32(26)43-35(44-34)49-20-37(21-49)16-46(17-37)12-13-50/h3-4,7,14-15,24,50H,1,5-6,8-13,16-22H2,2H3,(H,42,45).